The van der Waals surface area contributed by atoms with Crippen molar-refractivity contribution < 1.29 is 23.7 Å². The molecule has 1 fully saturated rings. The molecule has 1 rings (SSSR count). The van der Waals surface area contributed by atoms with Crippen molar-refractivity contribution in [3.05, 3.63) is 0 Å². The van der Waals surface area contributed by atoms with E-state index < -0.39 is 11.9 Å². The zero-order chi connectivity index (χ0) is 13.6. The normalized spacial score (nSPS) is 20.6. The second-order valence-corrected chi connectivity index (χ2v) is 4.92. The lowest BCUT2D eigenvalue weighted by atomic mass is 10.2. The number of methoxy groups -OCH3 is 1. The van der Waals surface area contributed by atoms with E-state index in [0.717, 1.165) is 12.8 Å². The van der Waals surface area contributed by atoms with Gasteiger partial charge in [-0.3, -0.25) is 0 Å². The Kier molecular flexibility index (Phi) is 6.05. The summed E-state index contributed by atoms with van der Waals surface area (Å²) in [6, 6.07) is 0. The van der Waals surface area contributed by atoms with Crippen molar-refractivity contribution in [3.8, 4) is 0 Å². The summed E-state index contributed by atoms with van der Waals surface area (Å²) in [4.78, 5) is 11.9. The van der Waals surface area contributed by atoms with Crippen LogP contribution >= 0.6 is 0 Å². The van der Waals surface area contributed by atoms with E-state index in [9.17, 15) is 4.79 Å². The minimum absolute atomic E-state index is 0.112. The van der Waals surface area contributed by atoms with Crippen LogP contribution in [0.1, 0.15) is 40.0 Å². The lowest BCUT2D eigenvalue weighted by Crippen LogP contribution is -2.38. The number of hydrogen-bond acceptors (Lipinski definition) is 5. The summed E-state index contributed by atoms with van der Waals surface area (Å²) in [6.07, 6.45) is 1.88. The Morgan fingerprint density at radius 3 is 2.67 bits per heavy atom. The highest BCUT2D eigenvalue weighted by Gasteiger charge is 2.35. The van der Waals surface area contributed by atoms with Gasteiger partial charge in [-0.2, -0.15) is 0 Å². The Balaban J connectivity index is 2.45. The summed E-state index contributed by atoms with van der Waals surface area (Å²) < 4.78 is 21.2. The van der Waals surface area contributed by atoms with Gasteiger partial charge in [-0.25, -0.2) is 4.79 Å². The number of carbonyl (C=O) groups excluding carboxylic acids is 1. The van der Waals surface area contributed by atoms with E-state index in [1.54, 1.807) is 21.0 Å². The summed E-state index contributed by atoms with van der Waals surface area (Å²) in [5.41, 5.74) is 0. The smallest absolute Gasteiger partial charge is 0.335 e. The molecule has 0 aromatic rings. The monoisotopic (exact) mass is 260 g/mol. The molecular formula is C13H24O5. The SMILES string of the molecule is CCCCOC(=O)[C@@H](C[C@H]1CO1)OC(C)(C)OC. The molecule has 0 unspecified atom stereocenters. The van der Waals surface area contributed by atoms with Gasteiger partial charge in [0.2, 0.25) is 0 Å². The van der Waals surface area contributed by atoms with Crippen LogP contribution in [-0.2, 0) is 23.7 Å². The van der Waals surface area contributed by atoms with Gasteiger partial charge < -0.3 is 18.9 Å². The molecular weight excluding hydrogens is 236 g/mol. The Hall–Kier alpha value is -0.650. The third-order valence-electron chi connectivity index (χ3n) is 2.80. The van der Waals surface area contributed by atoms with Crippen LogP contribution in [0.5, 0.6) is 0 Å². The molecule has 5 heteroatoms. The second-order valence-electron chi connectivity index (χ2n) is 4.92. The summed E-state index contributed by atoms with van der Waals surface area (Å²) in [7, 11) is 1.55. The highest BCUT2D eigenvalue weighted by Crippen LogP contribution is 2.22. The average molecular weight is 260 g/mol. The second kappa shape index (κ2) is 7.07. The topological polar surface area (TPSA) is 57.3 Å². The van der Waals surface area contributed by atoms with E-state index in [4.69, 9.17) is 18.9 Å². The van der Waals surface area contributed by atoms with E-state index in [0.29, 0.717) is 19.6 Å². The number of esters is 1. The lowest BCUT2D eigenvalue weighted by Gasteiger charge is -2.28. The minimum atomic E-state index is -0.802. The molecule has 0 aliphatic carbocycles. The molecule has 1 aliphatic heterocycles. The first-order valence-corrected chi connectivity index (χ1v) is 6.49. The molecule has 0 N–H and O–H groups in total. The van der Waals surface area contributed by atoms with Gasteiger partial charge in [-0.1, -0.05) is 13.3 Å². The fourth-order valence-corrected chi connectivity index (χ4v) is 1.44. The van der Waals surface area contributed by atoms with Crippen LogP contribution < -0.4 is 0 Å². The summed E-state index contributed by atoms with van der Waals surface area (Å²) in [6.45, 7) is 6.72. The van der Waals surface area contributed by atoms with Gasteiger partial charge >= 0.3 is 5.97 Å². The Bertz CT molecular complexity index is 260. The van der Waals surface area contributed by atoms with Gasteiger partial charge in [0.15, 0.2) is 11.9 Å². The first-order chi connectivity index (χ1) is 8.48. The van der Waals surface area contributed by atoms with Crippen LogP contribution in [0.4, 0.5) is 0 Å². The zero-order valence-electron chi connectivity index (χ0n) is 11.7. The van der Waals surface area contributed by atoms with Gasteiger partial charge in [0.05, 0.1) is 19.3 Å². The predicted molar refractivity (Wildman–Crippen MR) is 66.2 cm³/mol. The van der Waals surface area contributed by atoms with Crippen molar-refractivity contribution in [2.24, 2.45) is 0 Å². The van der Waals surface area contributed by atoms with E-state index in [-0.39, 0.29) is 12.1 Å². The van der Waals surface area contributed by atoms with Gasteiger partial charge in [-0.05, 0) is 20.3 Å². The number of carbonyl (C=O) groups is 1. The molecule has 18 heavy (non-hydrogen) atoms. The van der Waals surface area contributed by atoms with Crippen LogP contribution in [0.25, 0.3) is 0 Å². The van der Waals surface area contributed by atoms with Crippen LogP contribution in [0, 0.1) is 0 Å². The number of epoxide rings is 1. The van der Waals surface area contributed by atoms with Crippen LogP contribution in [0.2, 0.25) is 0 Å². The minimum Gasteiger partial charge on any atom is -0.464 e. The van der Waals surface area contributed by atoms with E-state index in [2.05, 4.69) is 0 Å². The standard InChI is InChI=1S/C13H24O5/c1-5-6-7-16-12(14)11(8-10-9-17-10)18-13(2,3)15-4/h10-11H,5-9H2,1-4H3/t10-,11+/m0/s1. The molecule has 0 bridgehead atoms. The molecule has 1 saturated heterocycles. The number of unbranched alkanes of at least 4 members (excludes halogenated alkanes) is 1. The molecule has 2 atom stereocenters. The van der Waals surface area contributed by atoms with Crippen molar-refractivity contribution in [2.45, 2.75) is 58.0 Å². The first kappa shape index (κ1) is 15.4. The number of ether oxygens (including phenoxy) is 4. The largest absolute Gasteiger partial charge is 0.464 e. The van der Waals surface area contributed by atoms with Crippen molar-refractivity contribution in [3.63, 3.8) is 0 Å². The molecule has 0 spiro atoms. The predicted octanol–water partition coefficient (Wildman–Crippen LogP) is 1.89. The van der Waals surface area contributed by atoms with Crippen molar-refractivity contribution >= 4 is 5.97 Å². The average Bonchev–Trinajstić information content (AvgIpc) is 3.12. The number of hydrogen-bond donors (Lipinski definition) is 0. The maximum atomic E-state index is 11.9. The Morgan fingerprint density at radius 1 is 1.50 bits per heavy atom. The highest BCUT2D eigenvalue weighted by atomic mass is 16.7. The lowest BCUT2D eigenvalue weighted by molar-refractivity contribution is -0.231. The third kappa shape index (κ3) is 5.80. The Morgan fingerprint density at radius 2 is 2.17 bits per heavy atom. The van der Waals surface area contributed by atoms with Crippen LogP contribution in [0.3, 0.4) is 0 Å². The summed E-state index contributed by atoms with van der Waals surface area (Å²) >= 11 is 0. The number of rotatable bonds is 9. The van der Waals surface area contributed by atoms with E-state index in [1.807, 2.05) is 6.92 Å². The summed E-state index contributed by atoms with van der Waals surface area (Å²) in [5.74, 6) is -1.13. The maximum absolute atomic E-state index is 11.9. The van der Waals surface area contributed by atoms with Gasteiger partial charge in [0, 0.05) is 13.5 Å². The molecule has 0 aromatic carbocycles. The third-order valence-corrected chi connectivity index (χ3v) is 2.80. The fourth-order valence-electron chi connectivity index (χ4n) is 1.44. The van der Waals surface area contributed by atoms with Crippen LogP contribution in [-0.4, -0.2) is 44.3 Å². The van der Waals surface area contributed by atoms with Gasteiger partial charge in [-0.15, -0.1) is 0 Å². The van der Waals surface area contributed by atoms with E-state index in [1.165, 1.54) is 0 Å². The van der Waals surface area contributed by atoms with Crippen molar-refractivity contribution in [1.29, 1.82) is 0 Å². The van der Waals surface area contributed by atoms with Gasteiger partial charge in [0.1, 0.15) is 0 Å². The molecule has 1 heterocycles. The molecule has 0 radical (unpaired) electrons. The quantitative estimate of drug-likeness (QED) is 0.274. The molecule has 0 aromatic heterocycles. The maximum Gasteiger partial charge on any atom is 0.335 e. The Labute approximate surface area is 109 Å². The zero-order valence-corrected chi connectivity index (χ0v) is 11.7. The van der Waals surface area contributed by atoms with Crippen LogP contribution in [0.15, 0.2) is 0 Å². The van der Waals surface area contributed by atoms with Crippen molar-refractivity contribution in [1.82, 2.24) is 0 Å². The molecule has 0 amide bonds. The van der Waals surface area contributed by atoms with Gasteiger partial charge in [0.25, 0.3) is 0 Å². The first-order valence-electron chi connectivity index (χ1n) is 6.49. The van der Waals surface area contributed by atoms with E-state index >= 15 is 0 Å². The molecule has 106 valence electrons. The molecule has 0 saturated carbocycles. The van der Waals surface area contributed by atoms with Crippen molar-refractivity contribution in [2.75, 3.05) is 20.3 Å². The molecule has 1 aliphatic rings. The fraction of sp³-hybridized carbons (Fsp3) is 0.923. The highest BCUT2D eigenvalue weighted by molar-refractivity contribution is 5.74. The molecule has 5 nitrogen and oxygen atoms in total. The summed E-state index contributed by atoms with van der Waals surface area (Å²) in [5, 5.41) is 0.